The number of benzene rings is 2. The van der Waals surface area contributed by atoms with E-state index in [4.69, 9.17) is 16.4 Å². The lowest BCUT2D eigenvalue weighted by atomic mass is 10.2. The fourth-order valence-corrected chi connectivity index (χ4v) is 1.79. The molecule has 0 aliphatic heterocycles. The summed E-state index contributed by atoms with van der Waals surface area (Å²) in [5.41, 5.74) is 2.75. The molecule has 0 saturated heterocycles. The molecule has 0 aromatic heterocycles. The molecule has 0 radical (unpaired) electrons. The smallest absolute Gasteiger partial charge is 0.267 e. The third-order valence-corrected chi connectivity index (χ3v) is 3.23. The molecule has 0 aliphatic rings. The second kappa shape index (κ2) is 7.61. The van der Waals surface area contributed by atoms with Crippen molar-refractivity contribution in [2.75, 3.05) is 5.32 Å². The summed E-state index contributed by atoms with van der Waals surface area (Å²) in [7, 11) is 0. The third-order valence-electron chi connectivity index (χ3n) is 2.98. The van der Waals surface area contributed by atoms with E-state index in [1.807, 2.05) is 31.2 Å². The van der Waals surface area contributed by atoms with E-state index in [1.165, 1.54) is 5.56 Å². The number of carbonyl (C=O) groups is 1. The van der Waals surface area contributed by atoms with Crippen LogP contribution < -0.4 is 5.32 Å². The highest BCUT2D eigenvalue weighted by Gasteiger charge is 2.13. The molecular weight excluding hydrogens is 300 g/mol. The van der Waals surface area contributed by atoms with E-state index in [2.05, 4.69) is 10.5 Å². The van der Waals surface area contributed by atoms with Crippen molar-refractivity contribution in [1.29, 1.82) is 0 Å². The van der Waals surface area contributed by atoms with Crippen LogP contribution >= 0.6 is 11.6 Å². The molecule has 4 nitrogen and oxygen atoms in total. The van der Waals surface area contributed by atoms with Crippen molar-refractivity contribution in [2.24, 2.45) is 5.16 Å². The summed E-state index contributed by atoms with van der Waals surface area (Å²) in [6.07, 6.45) is 0.878. The molecule has 0 fully saturated rings. The quantitative estimate of drug-likeness (QED) is 0.669. The number of rotatable bonds is 5. The van der Waals surface area contributed by atoms with Gasteiger partial charge in [-0.3, -0.25) is 4.79 Å². The molecule has 114 valence electrons. The van der Waals surface area contributed by atoms with Crippen LogP contribution in [0, 0.1) is 6.92 Å². The molecule has 1 N–H and O–H groups in total. The van der Waals surface area contributed by atoms with E-state index < -0.39 is 6.10 Å². The number of anilines is 1. The first-order valence-corrected chi connectivity index (χ1v) is 7.24. The van der Waals surface area contributed by atoms with Crippen LogP contribution in [0.25, 0.3) is 0 Å². The SMILES string of the molecule is Cc1ccc(/C=N\O[C@H](C)C(=O)Nc2ccc(Cl)cc2)cc1. The Bertz CT molecular complexity index is 651. The van der Waals surface area contributed by atoms with Gasteiger partial charge in [0.25, 0.3) is 5.91 Å². The highest BCUT2D eigenvalue weighted by molar-refractivity contribution is 6.30. The molecule has 0 aliphatic carbocycles. The Kier molecular flexibility index (Phi) is 5.55. The lowest BCUT2D eigenvalue weighted by molar-refractivity contribution is -0.126. The Balaban J connectivity index is 1.85. The first kappa shape index (κ1) is 16.0. The first-order chi connectivity index (χ1) is 10.5. The number of carbonyl (C=O) groups excluding carboxylic acids is 1. The van der Waals surface area contributed by atoms with Gasteiger partial charge in [-0.25, -0.2) is 0 Å². The minimum atomic E-state index is -0.697. The van der Waals surface area contributed by atoms with E-state index in [0.717, 1.165) is 5.56 Å². The van der Waals surface area contributed by atoms with Crippen molar-refractivity contribution in [3.05, 3.63) is 64.7 Å². The number of amides is 1. The molecule has 22 heavy (non-hydrogen) atoms. The molecule has 0 heterocycles. The number of aryl methyl sites for hydroxylation is 1. The van der Waals surface area contributed by atoms with Gasteiger partial charge in [0, 0.05) is 10.7 Å². The fraction of sp³-hybridized carbons (Fsp3) is 0.176. The van der Waals surface area contributed by atoms with Gasteiger partial charge in [-0.2, -0.15) is 0 Å². The number of hydrogen-bond acceptors (Lipinski definition) is 3. The largest absolute Gasteiger partial charge is 0.383 e. The highest BCUT2D eigenvalue weighted by Crippen LogP contribution is 2.13. The average molecular weight is 317 g/mol. The molecule has 1 amide bonds. The zero-order valence-corrected chi connectivity index (χ0v) is 13.2. The molecule has 1 atom stereocenters. The van der Waals surface area contributed by atoms with Crippen LogP contribution in [-0.2, 0) is 9.63 Å². The molecular formula is C17H17ClN2O2. The van der Waals surface area contributed by atoms with Crippen molar-refractivity contribution in [2.45, 2.75) is 20.0 Å². The number of hydrogen-bond donors (Lipinski definition) is 1. The van der Waals surface area contributed by atoms with Crippen molar-refractivity contribution < 1.29 is 9.63 Å². The number of nitrogens with zero attached hydrogens (tertiary/aromatic N) is 1. The second-order valence-corrected chi connectivity index (χ2v) is 5.33. The maximum atomic E-state index is 11.9. The van der Waals surface area contributed by atoms with Gasteiger partial charge in [-0.15, -0.1) is 0 Å². The molecule has 0 saturated carbocycles. The lowest BCUT2D eigenvalue weighted by Crippen LogP contribution is -2.26. The summed E-state index contributed by atoms with van der Waals surface area (Å²) in [5.74, 6) is -0.275. The molecule has 2 aromatic rings. The minimum Gasteiger partial charge on any atom is -0.383 e. The van der Waals surface area contributed by atoms with Gasteiger partial charge >= 0.3 is 0 Å². The molecule has 0 bridgehead atoms. The highest BCUT2D eigenvalue weighted by atomic mass is 35.5. The van der Waals surface area contributed by atoms with E-state index in [-0.39, 0.29) is 5.91 Å². The first-order valence-electron chi connectivity index (χ1n) is 6.87. The summed E-state index contributed by atoms with van der Waals surface area (Å²) in [6.45, 7) is 3.65. The molecule has 0 spiro atoms. The molecule has 0 unspecified atom stereocenters. The van der Waals surface area contributed by atoms with Crippen LogP contribution in [0.5, 0.6) is 0 Å². The van der Waals surface area contributed by atoms with Gasteiger partial charge in [0.2, 0.25) is 6.10 Å². The fourth-order valence-electron chi connectivity index (χ4n) is 1.66. The zero-order chi connectivity index (χ0) is 15.9. The van der Waals surface area contributed by atoms with Crippen LogP contribution in [0.4, 0.5) is 5.69 Å². The predicted octanol–water partition coefficient (Wildman–Crippen LogP) is 4.03. The molecule has 2 aromatic carbocycles. The van der Waals surface area contributed by atoms with E-state index >= 15 is 0 Å². The van der Waals surface area contributed by atoms with Gasteiger partial charge in [-0.1, -0.05) is 46.6 Å². The Hall–Kier alpha value is -2.33. The predicted molar refractivity (Wildman–Crippen MR) is 89.4 cm³/mol. The standard InChI is InChI=1S/C17H17ClN2O2/c1-12-3-5-14(6-4-12)11-19-22-13(2)17(21)20-16-9-7-15(18)8-10-16/h3-11,13H,1-2H3,(H,20,21)/b19-11-/t13-/m1/s1. The van der Waals surface area contributed by atoms with Crippen LogP contribution in [0.1, 0.15) is 18.1 Å². The molecule has 5 heteroatoms. The third kappa shape index (κ3) is 4.90. The van der Waals surface area contributed by atoms with Gasteiger partial charge in [0.05, 0.1) is 6.21 Å². The molecule has 2 rings (SSSR count). The topological polar surface area (TPSA) is 50.7 Å². The summed E-state index contributed by atoms with van der Waals surface area (Å²) in [6, 6.07) is 14.7. The Morgan fingerprint density at radius 1 is 1.18 bits per heavy atom. The summed E-state index contributed by atoms with van der Waals surface area (Å²) < 4.78 is 0. The van der Waals surface area contributed by atoms with Crippen LogP contribution in [-0.4, -0.2) is 18.2 Å². The zero-order valence-electron chi connectivity index (χ0n) is 12.4. The summed E-state index contributed by atoms with van der Waals surface area (Å²) in [4.78, 5) is 17.1. The van der Waals surface area contributed by atoms with Gasteiger partial charge in [0.1, 0.15) is 0 Å². The van der Waals surface area contributed by atoms with Gasteiger partial charge in [-0.05, 0) is 43.7 Å². The second-order valence-electron chi connectivity index (χ2n) is 4.89. The van der Waals surface area contributed by atoms with Crippen LogP contribution in [0.3, 0.4) is 0 Å². The van der Waals surface area contributed by atoms with Crippen molar-refractivity contribution >= 4 is 29.4 Å². The Morgan fingerprint density at radius 3 is 2.45 bits per heavy atom. The van der Waals surface area contributed by atoms with Crippen molar-refractivity contribution in [1.82, 2.24) is 0 Å². The Labute approximate surface area is 134 Å². The number of nitrogens with one attached hydrogen (secondary N) is 1. The monoisotopic (exact) mass is 316 g/mol. The van der Waals surface area contributed by atoms with E-state index in [0.29, 0.717) is 10.7 Å². The maximum absolute atomic E-state index is 11.9. The summed E-state index contributed by atoms with van der Waals surface area (Å²) in [5, 5.41) is 7.19. The normalized spacial score (nSPS) is 12.1. The lowest BCUT2D eigenvalue weighted by Gasteiger charge is -2.10. The van der Waals surface area contributed by atoms with E-state index in [9.17, 15) is 4.79 Å². The van der Waals surface area contributed by atoms with Crippen LogP contribution in [0.2, 0.25) is 5.02 Å². The summed E-state index contributed by atoms with van der Waals surface area (Å²) >= 11 is 5.79. The van der Waals surface area contributed by atoms with Crippen LogP contribution in [0.15, 0.2) is 53.7 Å². The number of oxime groups is 1. The van der Waals surface area contributed by atoms with Gasteiger partial charge < -0.3 is 10.2 Å². The maximum Gasteiger partial charge on any atom is 0.267 e. The van der Waals surface area contributed by atoms with Gasteiger partial charge in [0.15, 0.2) is 0 Å². The number of halogens is 1. The Morgan fingerprint density at radius 2 is 1.82 bits per heavy atom. The van der Waals surface area contributed by atoms with Crippen molar-refractivity contribution in [3.63, 3.8) is 0 Å². The average Bonchev–Trinajstić information content (AvgIpc) is 2.51. The van der Waals surface area contributed by atoms with E-state index in [1.54, 1.807) is 37.4 Å². The van der Waals surface area contributed by atoms with Crippen molar-refractivity contribution in [3.8, 4) is 0 Å². The minimum absolute atomic E-state index is 0.275.